The normalized spacial score (nSPS) is 21.9. The van der Waals surface area contributed by atoms with Gasteiger partial charge in [-0.3, -0.25) is 14.4 Å². The monoisotopic (exact) mass is 710 g/mol. The molecule has 0 spiro atoms. The molecular formula is C42H54N4O4S. The predicted octanol–water partition coefficient (Wildman–Crippen LogP) is 8.42. The second kappa shape index (κ2) is 15.8. The van der Waals surface area contributed by atoms with E-state index >= 15 is 0 Å². The molecule has 8 nitrogen and oxygen atoms in total. The minimum absolute atomic E-state index is 0.0870. The van der Waals surface area contributed by atoms with Gasteiger partial charge >= 0.3 is 5.97 Å². The van der Waals surface area contributed by atoms with E-state index in [-0.39, 0.29) is 36.7 Å². The fourth-order valence-corrected chi connectivity index (χ4v) is 9.07. The molecule has 2 amide bonds. The van der Waals surface area contributed by atoms with Crippen LogP contribution in [0.4, 0.5) is 0 Å². The zero-order valence-electron chi connectivity index (χ0n) is 30.9. The number of carboxylic acids is 1. The third-order valence-corrected chi connectivity index (χ3v) is 12.7. The van der Waals surface area contributed by atoms with E-state index in [2.05, 4.69) is 46.0 Å². The third kappa shape index (κ3) is 9.15. The van der Waals surface area contributed by atoms with Crippen LogP contribution in [0.1, 0.15) is 112 Å². The molecule has 1 aromatic carbocycles. The van der Waals surface area contributed by atoms with Crippen LogP contribution in [0.2, 0.25) is 0 Å². The van der Waals surface area contributed by atoms with Crippen molar-refractivity contribution in [3.63, 3.8) is 0 Å². The van der Waals surface area contributed by atoms with Gasteiger partial charge in [0.1, 0.15) is 6.04 Å². The Morgan fingerprint density at radius 2 is 1.61 bits per heavy atom. The Morgan fingerprint density at radius 3 is 2.18 bits per heavy atom. The van der Waals surface area contributed by atoms with Gasteiger partial charge < -0.3 is 15.3 Å². The van der Waals surface area contributed by atoms with Gasteiger partial charge in [-0.05, 0) is 90.9 Å². The van der Waals surface area contributed by atoms with Crippen LogP contribution >= 0.6 is 11.3 Å². The van der Waals surface area contributed by atoms with E-state index in [0.717, 1.165) is 58.1 Å². The van der Waals surface area contributed by atoms with Crippen LogP contribution in [-0.4, -0.2) is 56.9 Å². The van der Waals surface area contributed by atoms with E-state index in [4.69, 9.17) is 9.97 Å². The molecule has 1 saturated heterocycles. The van der Waals surface area contributed by atoms with Crippen LogP contribution in [0.3, 0.4) is 0 Å². The Morgan fingerprint density at radius 1 is 0.922 bits per heavy atom. The molecule has 2 atom stereocenters. The number of aliphatic carboxylic acids is 1. The number of carbonyl (C=O) groups is 3. The number of carboxylic acid groups (broad SMARTS) is 1. The molecule has 2 fully saturated rings. The highest BCUT2D eigenvalue weighted by molar-refractivity contribution is 7.14. The van der Waals surface area contributed by atoms with Crippen molar-refractivity contribution in [1.29, 1.82) is 0 Å². The number of hydrogen-bond acceptors (Lipinski definition) is 6. The number of allylic oxidation sites excluding steroid dienone is 2. The molecule has 0 bridgehead atoms. The van der Waals surface area contributed by atoms with Crippen LogP contribution < -0.4 is 5.32 Å². The van der Waals surface area contributed by atoms with E-state index in [1.165, 1.54) is 60.3 Å². The average Bonchev–Trinajstić information content (AvgIpc) is 3.60. The number of thiophene rings is 1. The van der Waals surface area contributed by atoms with Crippen LogP contribution in [0.5, 0.6) is 0 Å². The number of benzene rings is 1. The zero-order chi connectivity index (χ0) is 36.3. The first-order chi connectivity index (χ1) is 24.3. The van der Waals surface area contributed by atoms with Crippen LogP contribution in [0, 0.1) is 29.6 Å². The number of hydrogen-bond donors (Lipinski definition) is 2. The molecule has 2 N–H and O–H groups in total. The highest BCUT2D eigenvalue weighted by Crippen LogP contribution is 2.42. The van der Waals surface area contributed by atoms with Gasteiger partial charge in [0.25, 0.3) is 5.91 Å². The molecule has 51 heavy (non-hydrogen) atoms. The SMILES string of the molecule is CC(C)CC1CCC(C2CC=C(c3cnc(-c4ccc(CC(NC(=O)c5ccc(C(C)(C)C)s5)C(=O)N5CC(C(=O)O)C5)cc4)nc3)CC2)CC1. The molecule has 2 unspecified atom stereocenters. The first-order valence-corrected chi connectivity index (χ1v) is 19.7. The van der Waals surface area contributed by atoms with Gasteiger partial charge in [-0.2, -0.15) is 0 Å². The number of likely N-dealkylation sites (tertiary alicyclic amines) is 1. The fraction of sp³-hybridized carbons (Fsp3) is 0.548. The van der Waals surface area contributed by atoms with Gasteiger partial charge in [0.05, 0.1) is 10.8 Å². The number of carbonyl (C=O) groups excluding carboxylic acids is 2. The third-order valence-electron chi connectivity index (χ3n) is 11.2. The Kier molecular flexibility index (Phi) is 11.4. The lowest BCUT2D eigenvalue weighted by molar-refractivity contribution is -0.153. The van der Waals surface area contributed by atoms with Crippen molar-refractivity contribution in [3.8, 4) is 11.4 Å². The van der Waals surface area contributed by atoms with Gasteiger partial charge in [-0.15, -0.1) is 11.3 Å². The lowest BCUT2D eigenvalue weighted by Gasteiger charge is -2.38. The number of nitrogens with zero attached hydrogens (tertiary/aromatic N) is 3. The molecule has 6 rings (SSSR count). The quantitative estimate of drug-likeness (QED) is 0.207. The Bertz CT molecular complexity index is 1710. The highest BCUT2D eigenvalue weighted by Gasteiger charge is 2.39. The molecule has 2 aromatic heterocycles. The van der Waals surface area contributed by atoms with Crippen LogP contribution in [0.25, 0.3) is 17.0 Å². The van der Waals surface area contributed by atoms with Gasteiger partial charge in [0, 0.05) is 47.9 Å². The van der Waals surface area contributed by atoms with Crippen molar-refractivity contribution in [1.82, 2.24) is 20.2 Å². The van der Waals surface area contributed by atoms with E-state index in [1.807, 2.05) is 42.7 Å². The summed E-state index contributed by atoms with van der Waals surface area (Å²) in [5, 5.41) is 12.3. The van der Waals surface area contributed by atoms with Crippen LogP contribution in [0.15, 0.2) is 54.9 Å². The Balaban J connectivity index is 1.07. The topological polar surface area (TPSA) is 112 Å². The predicted molar refractivity (Wildman–Crippen MR) is 203 cm³/mol. The molecule has 1 saturated carbocycles. The molecule has 2 aliphatic carbocycles. The maximum atomic E-state index is 13.5. The van der Waals surface area contributed by atoms with Gasteiger partial charge in [-0.25, -0.2) is 9.97 Å². The molecule has 1 aliphatic heterocycles. The fourth-order valence-electron chi connectivity index (χ4n) is 8.10. The first-order valence-electron chi connectivity index (χ1n) is 18.9. The van der Waals surface area contributed by atoms with E-state index in [9.17, 15) is 19.5 Å². The summed E-state index contributed by atoms with van der Waals surface area (Å²) in [4.78, 5) is 50.8. The molecule has 272 valence electrons. The van der Waals surface area contributed by atoms with E-state index in [1.54, 1.807) is 6.07 Å². The minimum atomic E-state index is -0.910. The summed E-state index contributed by atoms with van der Waals surface area (Å²) in [6, 6.07) is 10.7. The van der Waals surface area contributed by atoms with Gasteiger partial charge in [-0.1, -0.05) is 77.8 Å². The van der Waals surface area contributed by atoms with Crippen LogP contribution in [-0.2, 0) is 21.4 Å². The summed E-state index contributed by atoms with van der Waals surface area (Å²) in [5.41, 5.74) is 4.12. The van der Waals surface area contributed by atoms with E-state index < -0.39 is 17.9 Å². The van der Waals surface area contributed by atoms with Crippen molar-refractivity contribution in [2.24, 2.45) is 29.6 Å². The molecule has 3 heterocycles. The zero-order valence-corrected chi connectivity index (χ0v) is 31.7. The molecular weight excluding hydrogens is 657 g/mol. The van der Waals surface area contributed by atoms with Gasteiger partial charge in [0.2, 0.25) is 5.91 Å². The highest BCUT2D eigenvalue weighted by atomic mass is 32.1. The Hall–Kier alpha value is -3.85. The number of amides is 2. The molecule has 0 radical (unpaired) electrons. The largest absolute Gasteiger partial charge is 0.481 e. The summed E-state index contributed by atoms with van der Waals surface area (Å²) in [5.74, 6) is 2.01. The van der Waals surface area contributed by atoms with Crippen molar-refractivity contribution in [2.45, 2.75) is 104 Å². The Labute approximate surface area is 307 Å². The second-order valence-electron chi connectivity index (χ2n) is 16.6. The van der Waals surface area contributed by atoms with E-state index in [0.29, 0.717) is 10.7 Å². The smallest absolute Gasteiger partial charge is 0.310 e. The summed E-state index contributed by atoms with van der Waals surface area (Å²) < 4.78 is 0. The summed E-state index contributed by atoms with van der Waals surface area (Å²) in [6.45, 7) is 11.3. The molecule has 3 aromatic rings. The summed E-state index contributed by atoms with van der Waals surface area (Å²) in [6.07, 6.45) is 17.1. The number of aromatic nitrogens is 2. The molecule has 3 aliphatic rings. The lowest BCUT2D eigenvalue weighted by Crippen LogP contribution is -2.59. The van der Waals surface area contributed by atoms with Gasteiger partial charge in [0.15, 0.2) is 5.82 Å². The van der Waals surface area contributed by atoms with Crippen molar-refractivity contribution in [3.05, 3.63) is 75.7 Å². The summed E-state index contributed by atoms with van der Waals surface area (Å²) >= 11 is 1.42. The van der Waals surface area contributed by atoms with Crippen molar-refractivity contribution >= 4 is 34.7 Å². The number of rotatable bonds is 11. The maximum absolute atomic E-state index is 13.5. The average molecular weight is 711 g/mol. The lowest BCUT2D eigenvalue weighted by atomic mass is 9.70. The van der Waals surface area contributed by atoms with Crippen molar-refractivity contribution in [2.75, 3.05) is 13.1 Å². The standard InChI is InChI=1S/C42H54N4O4S/c1-26(2)20-27-6-10-29(11-7-27)30-14-16-31(17-15-30)33-22-43-38(44-23-33)32-12-8-28(9-13-32)21-35(40(48)46-24-34(25-46)41(49)50)45-39(47)36-18-19-37(51-36)42(3,4)5/h8-9,12-13,16,18-19,22-23,26-27,29-30,34-35H,6-7,10-11,14-15,17,20-21,24-25H2,1-5H3,(H,45,47)(H,49,50). The number of nitrogens with one attached hydrogen (secondary N) is 1. The minimum Gasteiger partial charge on any atom is -0.481 e. The first kappa shape index (κ1) is 36.9. The maximum Gasteiger partial charge on any atom is 0.310 e. The summed E-state index contributed by atoms with van der Waals surface area (Å²) in [7, 11) is 0. The second-order valence-corrected chi connectivity index (χ2v) is 17.7. The molecule has 9 heteroatoms. The van der Waals surface area contributed by atoms with Crippen molar-refractivity contribution < 1.29 is 19.5 Å².